The van der Waals surface area contributed by atoms with Gasteiger partial charge in [0.1, 0.15) is 4.88 Å². The molecule has 0 saturated heterocycles. The zero-order chi connectivity index (χ0) is 13.5. The van der Waals surface area contributed by atoms with Crippen molar-refractivity contribution in [3.8, 4) is 11.1 Å². The van der Waals surface area contributed by atoms with Crippen molar-refractivity contribution >= 4 is 17.2 Å². The molecule has 0 aliphatic carbocycles. The Balaban J connectivity index is 2.05. The lowest BCUT2D eigenvalue weighted by Gasteiger charge is -2.06. The summed E-state index contributed by atoms with van der Waals surface area (Å²) in [6.45, 7) is 0.768. The van der Waals surface area contributed by atoms with Gasteiger partial charge in [0, 0.05) is 12.7 Å². The first kappa shape index (κ1) is 13.7. The largest absolute Gasteiger partial charge is 0.382 e. The van der Waals surface area contributed by atoms with Crippen LogP contribution in [0.3, 0.4) is 0 Å². The Bertz CT molecular complexity index is 524. The summed E-state index contributed by atoms with van der Waals surface area (Å²) in [5.74, 6) is -0.232. The second-order valence-electron chi connectivity index (χ2n) is 3.80. The fourth-order valence-electron chi connectivity index (χ4n) is 1.62. The molecule has 0 radical (unpaired) electrons. The van der Waals surface area contributed by atoms with Gasteiger partial charge >= 0.3 is 0 Å². The Morgan fingerprint density at radius 3 is 2.74 bits per heavy atom. The second-order valence-corrected chi connectivity index (χ2v) is 4.72. The molecule has 1 aromatic carbocycles. The van der Waals surface area contributed by atoms with Crippen LogP contribution in [0, 0.1) is 0 Å². The Labute approximate surface area is 115 Å². The molecule has 4 nitrogen and oxygen atoms in total. The summed E-state index contributed by atoms with van der Waals surface area (Å²) >= 11 is 1.39. The van der Waals surface area contributed by atoms with Gasteiger partial charge in [-0.3, -0.25) is 9.63 Å². The number of hydrogen-bond acceptors (Lipinski definition) is 4. The van der Waals surface area contributed by atoms with Crippen LogP contribution in [0.2, 0.25) is 0 Å². The summed E-state index contributed by atoms with van der Waals surface area (Å²) in [5, 5.41) is 1.90. The van der Waals surface area contributed by atoms with E-state index in [0.717, 1.165) is 11.1 Å². The fraction of sp³-hybridized carbons (Fsp3) is 0.214. The fourth-order valence-corrected chi connectivity index (χ4v) is 2.42. The van der Waals surface area contributed by atoms with Gasteiger partial charge in [-0.25, -0.2) is 5.48 Å². The molecular weight excluding hydrogens is 262 g/mol. The monoisotopic (exact) mass is 277 g/mol. The zero-order valence-corrected chi connectivity index (χ0v) is 11.4. The van der Waals surface area contributed by atoms with Gasteiger partial charge in [-0.05, 0) is 17.0 Å². The highest BCUT2D eigenvalue weighted by Crippen LogP contribution is 2.27. The van der Waals surface area contributed by atoms with Crippen LogP contribution in [-0.4, -0.2) is 26.2 Å². The highest BCUT2D eigenvalue weighted by molar-refractivity contribution is 7.12. The number of hydrogen-bond donors (Lipinski definition) is 1. The van der Waals surface area contributed by atoms with Crippen molar-refractivity contribution in [2.75, 3.05) is 20.3 Å². The Morgan fingerprint density at radius 2 is 2.00 bits per heavy atom. The summed E-state index contributed by atoms with van der Waals surface area (Å²) in [6, 6.07) is 11.7. The van der Waals surface area contributed by atoms with Crippen molar-refractivity contribution in [2.24, 2.45) is 0 Å². The molecule has 100 valence electrons. The average molecular weight is 277 g/mol. The van der Waals surface area contributed by atoms with E-state index in [4.69, 9.17) is 9.57 Å². The van der Waals surface area contributed by atoms with Crippen molar-refractivity contribution in [1.29, 1.82) is 0 Å². The third-order valence-electron chi connectivity index (χ3n) is 2.51. The molecule has 0 unspecified atom stereocenters. The van der Waals surface area contributed by atoms with E-state index in [1.165, 1.54) is 11.3 Å². The molecule has 0 spiro atoms. The van der Waals surface area contributed by atoms with Crippen LogP contribution in [0.15, 0.2) is 41.8 Å². The van der Waals surface area contributed by atoms with Crippen molar-refractivity contribution in [3.63, 3.8) is 0 Å². The normalized spacial score (nSPS) is 10.4. The minimum absolute atomic E-state index is 0.232. The van der Waals surface area contributed by atoms with E-state index in [1.807, 2.05) is 41.8 Å². The molecule has 0 fully saturated rings. The molecule has 0 bridgehead atoms. The van der Waals surface area contributed by atoms with Crippen LogP contribution >= 0.6 is 11.3 Å². The highest BCUT2D eigenvalue weighted by Gasteiger charge is 2.14. The lowest BCUT2D eigenvalue weighted by atomic mass is 10.1. The predicted octanol–water partition coefficient (Wildman–Crippen LogP) is 2.72. The lowest BCUT2D eigenvalue weighted by molar-refractivity contribution is 0.00918. The Hall–Kier alpha value is -1.69. The van der Waals surface area contributed by atoms with Gasteiger partial charge in [0.15, 0.2) is 0 Å². The van der Waals surface area contributed by atoms with Crippen LogP contribution in [0.1, 0.15) is 9.67 Å². The van der Waals surface area contributed by atoms with Crippen molar-refractivity contribution < 1.29 is 14.4 Å². The van der Waals surface area contributed by atoms with E-state index < -0.39 is 0 Å². The summed E-state index contributed by atoms with van der Waals surface area (Å²) in [4.78, 5) is 17.7. The van der Waals surface area contributed by atoms with Gasteiger partial charge in [0.05, 0.1) is 13.2 Å². The second kappa shape index (κ2) is 7.04. The summed E-state index contributed by atoms with van der Waals surface area (Å²) < 4.78 is 4.83. The van der Waals surface area contributed by atoms with Crippen molar-refractivity contribution in [3.05, 3.63) is 46.7 Å². The molecule has 5 heteroatoms. The number of carbonyl (C=O) groups excluding carboxylic acids is 1. The summed E-state index contributed by atoms with van der Waals surface area (Å²) in [5.41, 5.74) is 4.36. The number of thiophene rings is 1. The van der Waals surface area contributed by atoms with Crippen LogP contribution in [0.5, 0.6) is 0 Å². The SMILES string of the molecule is COCCONC(=O)c1sccc1-c1ccccc1. The van der Waals surface area contributed by atoms with Crippen LogP contribution in [0.25, 0.3) is 11.1 Å². The molecule has 1 amide bonds. The van der Waals surface area contributed by atoms with Crippen LogP contribution in [0.4, 0.5) is 0 Å². The van der Waals surface area contributed by atoms with Crippen LogP contribution in [-0.2, 0) is 9.57 Å². The molecule has 19 heavy (non-hydrogen) atoms. The van der Waals surface area contributed by atoms with Crippen molar-refractivity contribution in [1.82, 2.24) is 5.48 Å². The molecule has 2 aromatic rings. The number of amides is 1. The number of carbonyl (C=O) groups is 1. The van der Waals surface area contributed by atoms with E-state index >= 15 is 0 Å². The van der Waals surface area contributed by atoms with Gasteiger partial charge in [-0.15, -0.1) is 11.3 Å². The van der Waals surface area contributed by atoms with Gasteiger partial charge in [0.2, 0.25) is 0 Å². The first-order valence-electron chi connectivity index (χ1n) is 5.87. The molecule has 0 atom stereocenters. The minimum atomic E-state index is -0.232. The van der Waals surface area contributed by atoms with Gasteiger partial charge < -0.3 is 4.74 Å². The molecule has 1 aromatic heterocycles. The quantitative estimate of drug-likeness (QED) is 0.652. The number of nitrogens with one attached hydrogen (secondary N) is 1. The molecule has 0 aliphatic heterocycles. The standard InChI is InChI=1S/C14H15NO3S/c1-17-8-9-18-15-14(16)13-12(7-10-19-13)11-5-3-2-4-6-11/h2-7,10H,8-9H2,1H3,(H,15,16). The predicted molar refractivity (Wildman–Crippen MR) is 75.0 cm³/mol. The topological polar surface area (TPSA) is 47.6 Å². The number of ether oxygens (including phenoxy) is 1. The third kappa shape index (κ3) is 3.64. The maximum Gasteiger partial charge on any atom is 0.285 e. The molecule has 0 aliphatic rings. The molecule has 1 heterocycles. The first-order valence-corrected chi connectivity index (χ1v) is 6.75. The molecule has 0 saturated carbocycles. The molecule has 2 rings (SSSR count). The van der Waals surface area contributed by atoms with Crippen molar-refractivity contribution in [2.45, 2.75) is 0 Å². The smallest absolute Gasteiger partial charge is 0.285 e. The maximum absolute atomic E-state index is 12.0. The average Bonchev–Trinajstić information content (AvgIpc) is 2.94. The van der Waals surface area contributed by atoms with E-state index in [-0.39, 0.29) is 5.91 Å². The van der Waals surface area contributed by atoms with Crippen LogP contribution < -0.4 is 5.48 Å². The Kier molecular flexibility index (Phi) is 5.09. The van der Waals surface area contributed by atoms with E-state index in [0.29, 0.717) is 18.1 Å². The molecular formula is C14H15NO3S. The van der Waals surface area contributed by atoms with Gasteiger partial charge in [-0.1, -0.05) is 30.3 Å². The number of rotatable bonds is 6. The Morgan fingerprint density at radius 1 is 1.21 bits per heavy atom. The summed E-state index contributed by atoms with van der Waals surface area (Å²) in [7, 11) is 1.58. The third-order valence-corrected chi connectivity index (χ3v) is 3.42. The van der Waals surface area contributed by atoms with E-state index in [1.54, 1.807) is 7.11 Å². The zero-order valence-electron chi connectivity index (χ0n) is 10.6. The maximum atomic E-state index is 12.0. The number of hydroxylamine groups is 1. The van der Waals surface area contributed by atoms with Gasteiger partial charge in [-0.2, -0.15) is 0 Å². The van der Waals surface area contributed by atoms with E-state index in [9.17, 15) is 4.79 Å². The summed E-state index contributed by atoms with van der Waals surface area (Å²) in [6.07, 6.45) is 0. The lowest BCUT2D eigenvalue weighted by Crippen LogP contribution is -2.25. The first-order chi connectivity index (χ1) is 9.33. The van der Waals surface area contributed by atoms with E-state index in [2.05, 4.69) is 5.48 Å². The number of benzene rings is 1. The molecule has 1 N–H and O–H groups in total. The highest BCUT2D eigenvalue weighted by atomic mass is 32.1. The minimum Gasteiger partial charge on any atom is -0.382 e. The number of methoxy groups -OCH3 is 1. The van der Waals surface area contributed by atoms with Gasteiger partial charge in [0.25, 0.3) is 5.91 Å².